The number of carbonyl (C=O) groups excluding carboxylic acids is 5. The maximum absolute atomic E-state index is 13.3. The summed E-state index contributed by atoms with van der Waals surface area (Å²) >= 11 is 6.37. The number of rotatable bonds is 6. The van der Waals surface area contributed by atoms with Crippen LogP contribution in [0.2, 0.25) is 5.02 Å². The second-order valence-corrected chi connectivity index (χ2v) is 16.7. The van der Waals surface area contributed by atoms with Crippen molar-refractivity contribution in [2.45, 2.75) is 57.2 Å². The summed E-state index contributed by atoms with van der Waals surface area (Å²) in [6.45, 7) is 16.5. The Hall–Kier alpha value is -5.59. The molecule has 0 aliphatic carbocycles. The lowest BCUT2D eigenvalue weighted by molar-refractivity contribution is -0.136. The van der Waals surface area contributed by atoms with Gasteiger partial charge in [0.05, 0.1) is 17.7 Å². The van der Waals surface area contributed by atoms with Gasteiger partial charge in [-0.15, -0.1) is 10.2 Å². The molecule has 5 saturated heterocycles. The predicted octanol–water partition coefficient (Wildman–Crippen LogP) is 3.61. The maximum Gasteiger partial charge on any atom is 0.274 e. The Bertz CT molecular complexity index is 2210. The maximum atomic E-state index is 13.3. The van der Waals surface area contributed by atoms with Crippen molar-refractivity contribution in [2.75, 3.05) is 73.6 Å². The van der Waals surface area contributed by atoms with Crippen molar-refractivity contribution in [2.24, 2.45) is 5.41 Å². The number of hydrogen-bond donors (Lipinski definition) is 1. The Morgan fingerprint density at radius 3 is 2.30 bits per heavy atom. The summed E-state index contributed by atoms with van der Waals surface area (Å²) in [5.41, 5.74) is 3.48. The molecule has 15 nitrogen and oxygen atoms in total. The number of aromatic nitrogens is 2. The third kappa shape index (κ3) is 6.64. The molecule has 0 bridgehead atoms. The summed E-state index contributed by atoms with van der Waals surface area (Å²) in [5.74, 6) is -1.38. The van der Waals surface area contributed by atoms with Gasteiger partial charge in [0.25, 0.3) is 17.7 Å². The normalized spacial score (nSPS) is 23.8. The highest BCUT2D eigenvalue weighted by Gasteiger charge is 2.46. The van der Waals surface area contributed by atoms with Gasteiger partial charge in [0, 0.05) is 93.8 Å². The van der Waals surface area contributed by atoms with Crippen LogP contribution in [0.25, 0.3) is 4.85 Å². The number of likely N-dealkylation sites (tertiary alicyclic amines) is 1. The van der Waals surface area contributed by atoms with Crippen LogP contribution >= 0.6 is 11.6 Å². The van der Waals surface area contributed by atoms with E-state index in [9.17, 15) is 24.0 Å². The molecule has 1 N–H and O–H groups in total. The number of nitrogens with one attached hydrogen (secondary N) is 1. The second-order valence-electron chi connectivity index (χ2n) is 16.3. The summed E-state index contributed by atoms with van der Waals surface area (Å²) < 4.78 is 0. The summed E-state index contributed by atoms with van der Waals surface area (Å²) in [4.78, 5) is 79.4. The van der Waals surface area contributed by atoms with Crippen molar-refractivity contribution in [3.63, 3.8) is 0 Å². The zero-order chi connectivity index (χ0) is 39.6. The second kappa shape index (κ2) is 14.4. The van der Waals surface area contributed by atoms with Crippen molar-refractivity contribution in [3.8, 4) is 0 Å². The first-order valence-corrected chi connectivity index (χ1v) is 20.0. The third-order valence-corrected chi connectivity index (χ3v) is 13.2. The minimum absolute atomic E-state index is 0.0785. The molecular weight excluding hydrogens is 748 g/mol. The molecule has 5 amide bonds. The van der Waals surface area contributed by atoms with E-state index in [0.29, 0.717) is 35.5 Å². The van der Waals surface area contributed by atoms with Crippen LogP contribution in [0.15, 0.2) is 48.5 Å². The molecule has 3 aromatic rings. The monoisotopic (exact) mass is 790 g/mol. The first-order valence-electron chi connectivity index (χ1n) is 19.7. The van der Waals surface area contributed by atoms with E-state index >= 15 is 0 Å². The van der Waals surface area contributed by atoms with Crippen molar-refractivity contribution in [1.29, 1.82) is 0 Å². The number of amides is 5. The Labute approximate surface area is 335 Å². The molecule has 57 heavy (non-hydrogen) atoms. The molecule has 6 aliphatic heterocycles. The standard InChI is InChI=1S/C41H43ClN10O5/c1-25-21-41(24-51(25)27-4-6-32(43-2)31(42)20-27)11-13-49(14-12-41)35-9-7-33(45-46-35)40(57)50-22-28(23-50)48-17-15-47(16-18-48)26-3-5-29-30(19-26)39(56)52(38(29)55)34-8-10-36(53)44-37(34)54/h3-7,9,19-20,25,28,34H,8,10-18,21-24H2,1H3,(H,44,53,54)/t25-,34?/m0/s1. The number of piperidine rings is 2. The summed E-state index contributed by atoms with van der Waals surface area (Å²) in [5, 5.41) is 11.6. The number of hydrogen-bond acceptors (Lipinski definition) is 11. The van der Waals surface area contributed by atoms with Gasteiger partial charge in [-0.2, -0.15) is 0 Å². The Kier molecular flexibility index (Phi) is 9.36. The topological polar surface area (TPSA) is 147 Å². The fourth-order valence-corrected chi connectivity index (χ4v) is 9.84. The van der Waals surface area contributed by atoms with Crippen molar-refractivity contribution in [3.05, 3.63) is 81.8 Å². The Balaban J connectivity index is 0.740. The minimum atomic E-state index is -0.991. The van der Waals surface area contributed by atoms with Crippen LogP contribution in [-0.2, 0) is 9.59 Å². The van der Waals surface area contributed by atoms with Gasteiger partial charge in [0.2, 0.25) is 17.5 Å². The largest absolute Gasteiger partial charge is 0.369 e. The molecule has 0 saturated carbocycles. The van der Waals surface area contributed by atoms with E-state index in [0.717, 1.165) is 87.2 Å². The van der Waals surface area contributed by atoms with Gasteiger partial charge in [-0.25, -0.2) is 4.85 Å². The minimum Gasteiger partial charge on any atom is -0.369 e. The van der Waals surface area contributed by atoms with E-state index in [4.69, 9.17) is 18.2 Å². The van der Waals surface area contributed by atoms with Crippen LogP contribution in [0.4, 0.5) is 22.9 Å². The van der Waals surface area contributed by atoms with Crippen molar-refractivity contribution < 1.29 is 24.0 Å². The highest BCUT2D eigenvalue weighted by atomic mass is 35.5. The molecule has 1 unspecified atom stereocenters. The molecule has 7 heterocycles. The average Bonchev–Trinajstić information content (AvgIpc) is 3.65. The van der Waals surface area contributed by atoms with Crippen LogP contribution in [0.3, 0.4) is 0 Å². The molecule has 1 aromatic heterocycles. The smallest absolute Gasteiger partial charge is 0.274 e. The van der Waals surface area contributed by atoms with E-state index in [1.54, 1.807) is 24.3 Å². The molecular formula is C41H43ClN10O5. The van der Waals surface area contributed by atoms with Crippen molar-refractivity contribution >= 4 is 64.0 Å². The lowest BCUT2D eigenvalue weighted by Crippen LogP contribution is -2.64. The molecule has 2 aromatic carbocycles. The number of halogens is 1. The number of carbonyl (C=O) groups is 5. The fourth-order valence-electron chi connectivity index (χ4n) is 9.62. The SMILES string of the molecule is [C-]#[N+]c1ccc(N2CC3(CCN(c4ccc(C(=O)N5CC(N6CCN(c7ccc8c(c7)C(=O)N(C7CCC(=O)NC7=O)C8=O)CC6)C5)nn4)CC3)C[C@@H]2C)cc1Cl. The van der Waals surface area contributed by atoms with Gasteiger partial charge in [-0.05, 0) is 80.5 Å². The van der Waals surface area contributed by atoms with Crippen LogP contribution in [0, 0.1) is 12.0 Å². The lowest BCUT2D eigenvalue weighted by Gasteiger charge is -2.48. The van der Waals surface area contributed by atoms with Gasteiger partial charge >= 0.3 is 0 Å². The summed E-state index contributed by atoms with van der Waals surface area (Å²) in [7, 11) is 0. The van der Waals surface area contributed by atoms with E-state index in [-0.39, 0.29) is 41.3 Å². The van der Waals surface area contributed by atoms with Crippen LogP contribution in [-0.4, -0.2) is 131 Å². The molecule has 1 spiro atoms. The zero-order valence-electron chi connectivity index (χ0n) is 31.7. The van der Waals surface area contributed by atoms with Gasteiger partial charge < -0.3 is 19.6 Å². The molecule has 0 radical (unpaired) electrons. The van der Waals surface area contributed by atoms with Crippen LogP contribution in [0.1, 0.15) is 70.2 Å². The number of benzene rings is 2. The third-order valence-electron chi connectivity index (χ3n) is 12.9. The molecule has 294 valence electrons. The molecule has 16 heteroatoms. The number of anilines is 3. The van der Waals surface area contributed by atoms with Crippen LogP contribution < -0.4 is 20.0 Å². The summed E-state index contributed by atoms with van der Waals surface area (Å²) in [6.07, 6.45) is 3.37. The van der Waals surface area contributed by atoms with Crippen molar-refractivity contribution in [1.82, 2.24) is 30.2 Å². The quantitative estimate of drug-likeness (QED) is 0.289. The average molecular weight is 791 g/mol. The van der Waals surface area contributed by atoms with Crippen LogP contribution in [0.5, 0.6) is 0 Å². The first-order chi connectivity index (χ1) is 27.5. The van der Waals surface area contributed by atoms with Gasteiger partial charge in [-0.1, -0.05) is 17.7 Å². The number of imide groups is 2. The Morgan fingerprint density at radius 2 is 1.61 bits per heavy atom. The van der Waals surface area contributed by atoms with E-state index < -0.39 is 29.7 Å². The first kappa shape index (κ1) is 37.0. The molecule has 5 fully saturated rings. The number of fused-ring (bicyclic) bond motifs is 1. The molecule has 9 rings (SSSR count). The van der Waals surface area contributed by atoms with E-state index in [2.05, 4.69) is 46.9 Å². The highest BCUT2D eigenvalue weighted by molar-refractivity contribution is 6.33. The molecule has 6 aliphatic rings. The predicted molar refractivity (Wildman–Crippen MR) is 212 cm³/mol. The van der Waals surface area contributed by atoms with E-state index in [1.165, 1.54) is 0 Å². The number of nitrogens with zero attached hydrogens (tertiary/aromatic N) is 9. The highest BCUT2D eigenvalue weighted by Crippen LogP contribution is 2.46. The van der Waals surface area contributed by atoms with Gasteiger partial charge in [0.1, 0.15) is 6.04 Å². The number of piperazine rings is 1. The van der Waals surface area contributed by atoms with E-state index in [1.807, 2.05) is 29.2 Å². The Morgan fingerprint density at radius 1 is 0.877 bits per heavy atom. The fraction of sp³-hybridized carbons (Fsp3) is 0.463. The summed E-state index contributed by atoms with van der Waals surface area (Å²) in [6, 6.07) is 14.3. The molecule has 2 atom stereocenters. The van der Waals surface area contributed by atoms with Gasteiger partial charge in [0.15, 0.2) is 11.5 Å². The lowest BCUT2D eigenvalue weighted by atomic mass is 9.77. The van der Waals surface area contributed by atoms with Gasteiger partial charge in [-0.3, -0.25) is 39.1 Å². The zero-order valence-corrected chi connectivity index (χ0v) is 32.5.